The van der Waals surface area contributed by atoms with Crippen molar-refractivity contribution in [3.05, 3.63) is 35.4 Å². The fourth-order valence-corrected chi connectivity index (χ4v) is 5.38. The quantitative estimate of drug-likeness (QED) is 0.831. The van der Waals surface area contributed by atoms with Crippen LogP contribution in [0, 0.1) is 12.3 Å². The van der Waals surface area contributed by atoms with Gasteiger partial charge in [-0.05, 0) is 49.1 Å². The van der Waals surface area contributed by atoms with Gasteiger partial charge in [0.15, 0.2) is 0 Å². The zero-order valence-electron chi connectivity index (χ0n) is 13.9. The lowest BCUT2D eigenvalue weighted by Gasteiger charge is -2.28. The fourth-order valence-electron chi connectivity index (χ4n) is 3.88. The Morgan fingerprint density at radius 1 is 1.30 bits per heavy atom. The van der Waals surface area contributed by atoms with Crippen LogP contribution in [0.4, 0.5) is 0 Å². The zero-order chi connectivity index (χ0) is 16.7. The Bertz CT molecular complexity index is 707. The van der Waals surface area contributed by atoms with Crippen molar-refractivity contribution in [3.8, 4) is 0 Å². The molecule has 1 aromatic rings. The van der Waals surface area contributed by atoms with Crippen molar-refractivity contribution in [1.82, 2.24) is 4.90 Å². The molecule has 0 N–H and O–H groups in total. The maximum Gasteiger partial charge on any atom is 0.223 e. The van der Waals surface area contributed by atoms with E-state index in [1.165, 1.54) is 17.4 Å². The maximum atomic E-state index is 12.8. The number of rotatable bonds is 5. The normalized spacial score (nSPS) is 23.0. The number of hydrogen-bond donors (Lipinski definition) is 0. The highest BCUT2D eigenvalue weighted by atomic mass is 32.2. The Labute approximate surface area is 138 Å². The molecule has 1 aliphatic carbocycles. The van der Waals surface area contributed by atoms with Crippen LogP contribution in [-0.2, 0) is 14.6 Å². The number of sulfone groups is 1. The first-order valence-corrected chi connectivity index (χ1v) is 10.4. The summed E-state index contributed by atoms with van der Waals surface area (Å²) in [5.41, 5.74) is 2.16. The molecular formula is C18H25NO3S. The van der Waals surface area contributed by atoms with Crippen molar-refractivity contribution >= 4 is 15.7 Å². The summed E-state index contributed by atoms with van der Waals surface area (Å²) in [5, 5.41) is 0. The summed E-state index contributed by atoms with van der Waals surface area (Å²) in [5.74, 6) is 0.270. The minimum Gasteiger partial charge on any atom is -0.336 e. The number of nitrogens with zero attached hydrogens (tertiary/aromatic N) is 1. The van der Waals surface area contributed by atoms with Gasteiger partial charge in [0.05, 0.1) is 11.8 Å². The first-order chi connectivity index (χ1) is 10.8. The van der Waals surface area contributed by atoms with Gasteiger partial charge in [-0.25, -0.2) is 8.42 Å². The number of aryl methyl sites for hydroxylation is 1. The summed E-state index contributed by atoms with van der Waals surface area (Å²) in [6.45, 7) is 2.87. The topological polar surface area (TPSA) is 54.5 Å². The van der Waals surface area contributed by atoms with E-state index < -0.39 is 9.84 Å². The van der Waals surface area contributed by atoms with Crippen LogP contribution in [0.3, 0.4) is 0 Å². The van der Waals surface area contributed by atoms with E-state index in [1.54, 1.807) is 0 Å². The first-order valence-electron chi connectivity index (χ1n) is 8.32. The van der Waals surface area contributed by atoms with E-state index in [0.717, 1.165) is 32.2 Å². The molecule has 2 fully saturated rings. The van der Waals surface area contributed by atoms with Crippen LogP contribution in [0.5, 0.6) is 0 Å². The minimum absolute atomic E-state index is 0.122. The van der Waals surface area contributed by atoms with E-state index in [0.29, 0.717) is 6.42 Å². The second-order valence-corrected chi connectivity index (χ2v) is 9.49. The lowest BCUT2D eigenvalue weighted by Crippen LogP contribution is -2.34. The fraction of sp³-hybridized carbons (Fsp3) is 0.611. The summed E-state index contributed by atoms with van der Waals surface area (Å²) in [6, 6.07) is 8.38. The van der Waals surface area contributed by atoms with Gasteiger partial charge < -0.3 is 4.90 Å². The van der Waals surface area contributed by atoms with Crippen LogP contribution in [-0.4, -0.2) is 37.8 Å². The number of amides is 1. The van der Waals surface area contributed by atoms with Gasteiger partial charge in [0.1, 0.15) is 9.84 Å². The number of hydrogen-bond acceptors (Lipinski definition) is 3. The Kier molecular flexibility index (Phi) is 4.25. The predicted molar refractivity (Wildman–Crippen MR) is 90.9 cm³/mol. The molecule has 0 bridgehead atoms. The largest absolute Gasteiger partial charge is 0.336 e. The number of likely N-dealkylation sites (tertiary alicyclic amines) is 1. The van der Waals surface area contributed by atoms with Crippen LogP contribution < -0.4 is 0 Å². The van der Waals surface area contributed by atoms with Gasteiger partial charge >= 0.3 is 0 Å². The van der Waals surface area contributed by atoms with E-state index >= 15 is 0 Å². The van der Waals surface area contributed by atoms with Crippen molar-refractivity contribution in [2.24, 2.45) is 5.41 Å². The highest BCUT2D eigenvalue weighted by Gasteiger charge is 2.48. The Balaban J connectivity index is 1.73. The SMILES string of the molecule is Cc1ccccc1C1CCCN1C(=O)CC1(CS(C)(=O)=O)CC1. The van der Waals surface area contributed by atoms with Crippen LogP contribution in [0.15, 0.2) is 24.3 Å². The summed E-state index contributed by atoms with van der Waals surface area (Å²) in [6.07, 6.45) is 5.37. The van der Waals surface area contributed by atoms with E-state index in [4.69, 9.17) is 0 Å². The lowest BCUT2D eigenvalue weighted by atomic mass is 9.98. The molecular weight excluding hydrogens is 310 g/mol. The number of carbonyl (C=O) groups is 1. The van der Waals surface area contributed by atoms with Crippen molar-refractivity contribution in [3.63, 3.8) is 0 Å². The highest BCUT2D eigenvalue weighted by Crippen LogP contribution is 2.50. The molecule has 0 spiro atoms. The molecule has 126 valence electrons. The molecule has 1 saturated carbocycles. The number of carbonyl (C=O) groups excluding carboxylic acids is 1. The molecule has 1 amide bonds. The van der Waals surface area contributed by atoms with Crippen LogP contribution in [0.1, 0.15) is 49.3 Å². The molecule has 1 saturated heterocycles. The molecule has 2 aliphatic rings. The van der Waals surface area contributed by atoms with Crippen LogP contribution >= 0.6 is 0 Å². The average Bonchev–Trinajstić information content (AvgIpc) is 3.01. The van der Waals surface area contributed by atoms with E-state index in [2.05, 4.69) is 19.1 Å². The summed E-state index contributed by atoms with van der Waals surface area (Å²) < 4.78 is 23.2. The molecule has 1 heterocycles. The third-order valence-electron chi connectivity index (χ3n) is 5.17. The van der Waals surface area contributed by atoms with E-state index in [1.807, 2.05) is 17.0 Å². The molecule has 0 aromatic heterocycles. The van der Waals surface area contributed by atoms with Gasteiger partial charge in [-0.1, -0.05) is 24.3 Å². The smallest absolute Gasteiger partial charge is 0.223 e. The lowest BCUT2D eigenvalue weighted by molar-refractivity contribution is -0.133. The van der Waals surface area contributed by atoms with Gasteiger partial charge in [-0.15, -0.1) is 0 Å². The van der Waals surface area contributed by atoms with Gasteiger partial charge in [0.25, 0.3) is 0 Å². The number of benzene rings is 1. The van der Waals surface area contributed by atoms with Gasteiger partial charge in [0, 0.05) is 19.2 Å². The zero-order valence-corrected chi connectivity index (χ0v) is 14.7. The molecule has 3 rings (SSSR count). The molecule has 5 heteroatoms. The average molecular weight is 335 g/mol. The van der Waals surface area contributed by atoms with Crippen LogP contribution in [0.2, 0.25) is 0 Å². The molecule has 0 radical (unpaired) electrons. The van der Waals surface area contributed by atoms with Crippen molar-refractivity contribution in [2.45, 2.75) is 45.1 Å². The standard InChI is InChI=1S/C18H25NO3S/c1-14-6-3-4-7-15(14)16-8-5-11-19(16)17(20)12-18(9-10-18)13-23(2,21)22/h3-4,6-7,16H,5,8-13H2,1-2H3. The molecule has 1 unspecified atom stereocenters. The summed E-state index contributed by atoms with van der Waals surface area (Å²) in [7, 11) is -3.03. The second-order valence-electron chi connectivity index (χ2n) is 7.35. The Morgan fingerprint density at radius 3 is 2.61 bits per heavy atom. The highest BCUT2D eigenvalue weighted by molar-refractivity contribution is 7.90. The molecule has 1 aromatic carbocycles. The van der Waals surface area contributed by atoms with E-state index in [-0.39, 0.29) is 23.1 Å². The van der Waals surface area contributed by atoms with Crippen molar-refractivity contribution < 1.29 is 13.2 Å². The Hall–Kier alpha value is -1.36. The molecule has 1 aliphatic heterocycles. The molecule has 4 nitrogen and oxygen atoms in total. The third kappa shape index (κ3) is 3.77. The monoisotopic (exact) mass is 335 g/mol. The second kappa shape index (κ2) is 5.93. The van der Waals surface area contributed by atoms with Gasteiger partial charge in [-0.2, -0.15) is 0 Å². The van der Waals surface area contributed by atoms with Crippen molar-refractivity contribution in [2.75, 3.05) is 18.6 Å². The van der Waals surface area contributed by atoms with Gasteiger partial charge in [0.2, 0.25) is 5.91 Å². The molecule has 1 atom stereocenters. The van der Waals surface area contributed by atoms with E-state index in [9.17, 15) is 13.2 Å². The summed E-state index contributed by atoms with van der Waals surface area (Å²) in [4.78, 5) is 14.8. The van der Waals surface area contributed by atoms with Crippen LogP contribution in [0.25, 0.3) is 0 Å². The predicted octanol–water partition coefficient (Wildman–Crippen LogP) is 2.87. The minimum atomic E-state index is -3.03. The maximum absolute atomic E-state index is 12.8. The Morgan fingerprint density at radius 2 is 2.00 bits per heavy atom. The summed E-state index contributed by atoms with van der Waals surface area (Å²) >= 11 is 0. The first kappa shape index (κ1) is 16.5. The third-order valence-corrected chi connectivity index (χ3v) is 6.31. The van der Waals surface area contributed by atoms with Gasteiger partial charge in [-0.3, -0.25) is 4.79 Å². The van der Waals surface area contributed by atoms with Crippen molar-refractivity contribution in [1.29, 1.82) is 0 Å². The molecule has 23 heavy (non-hydrogen) atoms.